The van der Waals surface area contributed by atoms with E-state index in [1.807, 2.05) is 42.5 Å². The maximum Gasteiger partial charge on any atom is 0.128 e. The zero-order valence-corrected chi connectivity index (χ0v) is 8.87. The number of halogens is 1. The van der Waals surface area contributed by atoms with Crippen molar-refractivity contribution in [3.8, 4) is 11.5 Å². The van der Waals surface area contributed by atoms with E-state index in [-0.39, 0.29) is 0 Å². The molecule has 0 bridgehead atoms. The van der Waals surface area contributed by atoms with Crippen molar-refractivity contribution >= 4 is 11.6 Å². The Kier molecular flexibility index (Phi) is 2.93. The summed E-state index contributed by atoms with van der Waals surface area (Å²) >= 11 is 5.85. The Hall–Kier alpha value is -1.47. The first-order valence-electron chi connectivity index (χ1n) is 4.59. The van der Waals surface area contributed by atoms with Crippen molar-refractivity contribution in [1.82, 2.24) is 0 Å². The van der Waals surface area contributed by atoms with E-state index in [2.05, 4.69) is 6.92 Å². The Morgan fingerprint density at radius 1 is 0.933 bits per heavy atom. The van der Waals surface area contributed by atoms with Crippen LogP contribution < -0.4 is 4.74 Å². The van der Waals surface area contributed by atoms with Crippen molar-refractivity contribution in [3.05, 3.63) is 66.0 Å². The molecular weight excluding hydrogens is 208 g/mol. The molecule has 1 nitrogen and oxygen atoms in total. The molecule has 2 aromatic carbocycles. The molecule has 15 heavy (non-hydrogen) atoms. The molecular formula is C13H10ClO. The maximum absolute atomic E-state index is 5.85. The smallest absolute Gasteiger partial charge is 0.128 e. The van der Waals surface area contributed by atoms with Gasteiger partial charge in [-0.15, -0.1) is 0 Å². The zero-order chi connectivity index (χ0) is 10.7. The van der Waals surface area contributed by atoms with Gasteiger partial charge < -0.3 is 4.74 Å². The molecule has 0 aliphatic carbocycles. The normalized spacial score (nSPS) is 10.0. The lowest BCUT2D eigenvalue weighted by molar-refractivity contribution is 0.482. The lowest BCUT2D eigenvalue weighted by atomic mass is 10.2. The van der Waals surface area contributed by atoms with Crippen LogP contribution in [0.25, 0.3) is 0 Å². The van der Waals surface area contributed by atoms with Crippen LogP contribution in [0.3, 0.4) is 0 Å². The van der Waals surface area contributed by atoms with Crippen LogP contribution in [0.4, 0.5) is 0 Å². The van der Waals surface area contributed by atoms with Crippen LogP contribution in [0.15, 0.2) is 48.5 Å². The van der Waals surface area contributed by atoms with Crippen LogP contribution >= 0.6 is 11.6 Å². The van der Waals surface area contributed by atoms with Crippen LogP contribution in [0.2, 0.25) is 5.02 Å². The number of ether oxygens (including phenoxy) is 1. The Morgan fingerprint density at radius 3 is 2.33 bits per heavy atom. The fourth-order valence-corrected chi connectivity index (χ4v) is 1.40. The highest BCUT2D eigenvalue weighted by Gasteiger charge is 1.97. The Morgan fingerprint density at radius 2 is 1.67 bits per heavy atom. The first-order valence-corrected chi connectivity index (χ1v) is 4.97. The first-order chi connectivity index (χ1) is 7.24. The molecule has 2 heteroatoms. The average Bonchev–Trinajstić information content (AvgIpc) is 2.22. The predicted molar refractivity (Wildman–Crippen MR) is 62.4 cm³/mol. The molecule has 0 amide bonds. The summed E-state index contributed by atoms with van der Waals surface area (Å²) in [5, 5.41) is 0.668. The molecule has 1 radical (unpaired) electrons. The summed E-state index contributed by atoms with van der Waals surface area (Å²) in [6, 6.07) is 14.9. The third-order valence-electron chi connectivity index (χ3n) is 1.96. The summed E-state index contributed by atoms with van der Waals surface area (Å²) in [5.74, 6) is 1.52. The van der Waals surface area contributed by atoms with Gasteiger partial charge in [0.2, 0.25) is 0 Å². The van der Waals surface area contributed by atoms with Gasteiger partial charge in [-0.1, -0.05) is 29.8 Å². The van der Waals surface area contributed by atoms with Gasteiger partial charge in [-0.25, -0.2) is 0 Å². The summed E-state index contributed by atoms with van der Waals surface area (Å²) < 4.78 is 5.60. The molecule has 0 spiro atoms. The van der Waals surface area contributed by atoms with Crippen molar-refractivity contribution in [2.75, 3.05) is 0 Å². The molecule has 0 atom stereocenters. The number of benzene rings is 2. The molecule has 2 rings (SSSR count). The molecule has 75 valence electrons. The van der Waals surface area contributed by atoms with Gasteiger partial charge in [0.05, 0.1) is 0 Å². The third-order valence-corrected chi connectivity index (χ3v) is 2.19. The second-order valence-corrected chi connectivity index (χ2v) is 3.64. The molecule has 0 fully saturated rings. The van der Waals surface area contributed by atoms with Gasteiger partial charge in [0.15, 0.2) is 0 Å². The highest BCUT2D eigenvalue weighted by molar-refractivity contribution is 6.30. The average molecular weight is 218 g/mol. The SMILES string of the molecule is [CH2]c1ccc(Oc2cccc(Cl)c2)cc1. The first kappa shape index (κ1) is 10.1. The van der Waals surface area contributed by atoms with Gasteiger partial charge in [0.1, 0.15) is 11.5 Å². The van der Waals surface area contributed by atoms with Crippen molar-refractivity contribution in [1.29, 1.82) is 0 Å². The standard InChI is InChI=1S/C13H10ClO/c1-10-5-7-12(8-6-10)15-13-4-2-3-11(14)9-13/h2-9H,1H2. The summed E-state index contributed by atoms with van der Waals surface area (Å²) in [4.78, 5) is 0. The molecule has 0 saturated heterocycles. The number of rotatable bonds is 2. The summed E-state index contributed by atoms with van der Waals surface area (Å²) in [5.41, 5.74) is 0.966. The topological polar surface area (TPSA) is 9.23 Å². The van der Waals surface area contributed by atoms with E-state index in [0.29, 0.717) is 5.02 Å². The quantitative estimate of drug-likeness (QED) is 0.728. The summed E-state index contributed by atoms with van der Waals surface area (Å²) in [6.45, 7) is 3.81. The molecule has 0 aliphatic rings. The predicted octanol–water partition coefficient (Wildman–Crippen LogP) is 4.31. The second-order valence-electron chi connectivity index (χ2n) is 3.20. The molecule has 0 N–H and O–H groups in total. The lowest BCUT2D eigenvalue weighted by Gasteiger charge is -2.05. The van der Waals surface area contributed by atoms with E-state index in [1.165, 1.54) is 0 Å². The Balaban J connectivity index is 2.18. The van der Waals surface area contributed by atoms with Gasteiger partial charge in [-0.2, -0.15) is 0 Å². The number of hydrogen-bond acceptors (Lipinski definition) is 1. The molecule has 0 unspecified atom stereocenters. The van der Waals surface area contributed by atoms with Crippen molar-refractivity contribution in [2.24, 2.45) is 0 Å². The third kappa shape index (κ3) is 2.74. The minimum Gasteiger partial charge on any atom is -0.457 e. The van der Waals surface area contributed by atoms with Crippen molar-refractivity contribution in [3.63, 3.8) is 0 Å². The molecule has 0 aliphatic heterocycles. The second kappa shape index (κ2) is 4.37. The van der Waals surface area contributed by atoms with Gasteiger partial charge in [-0.3, -0.25) is 0 Å². The Bertz CT molecular complexity index is 448. The minimum atomic E-state index is 0.668. The van der Waals surface area contributed by atoms with Crippen LogP contribution in [-0.2, 0) is 0 Å². The van der Waals surface area contributed by atoms with E-state index in [1.54, 1.807) is 6.07 Å². The largest absolute Gasteiger partial charge is 0.457 e. The monoisotopic (exact) mass is 217 g/mol. The molecule has 0 aromatic heterocycles. The van der Waals surface area contributed by atoms with Gasteiger partial charge >= 0.3 is 0 Å². The number of hydrogen-bond donors (Lipinski definition) is 0. The molecule has 2 aromatic rings. The Labute approximate surface area is 94.3 Å². The van der Waals surface area contributed by atoms with E-state index in [4.69, 9.17) is 16.3 Å². The van der Waals surface area contributed by atoms with Crippen LogP contribution in [0.5, 0.6) is 11.5 Å². The van der Waals surface area contributed by atoms with E-state index in [9.17, 15) is 0 Å². The summed E-state index contributed by atoms with van der Waals surface area (Å²) in [7, 11) is 0. The van der Waals surface area contributed by atoms with Gasteiger partial charge in [-0.05, 0) is 42.8 Å². The van der Waals surface area contributed by atoms with E-state index < -0.39 is 0 Å². The highest BCUT2D eigenvalue weighted by Crippen LogP contribution is 2.23. The highest BCUT2D eigenvalue weighted by atomic mass is 35.5. The molecule has 0 heterocycles. The van der Waals surface area contributed by atoms with Crippen molar-refractivity contribution < 1.29 is 4.74 Å². The molecule has 0 saturated carbocycles. The van der Waals surface area contributed by atoms with Crippen LogP contribution in [-0.4, -0.2) is 0 Å². The lowest BCUT2D eigenvalue weighted by Crippen LogP contribution is -1.83. The van der Waals surface area contributed by atoms with Crippen LogP contribution in [0.1, 0.15) is 5.56 Å². The minimum absolute atomic E-state index is 0.668. The van der Waals surface area contributed by atoms with Crippen molar-refractivity contribution in [2.45, 2.75) is 0 Å². The zero-order valence-electron chi connectivity index (χ0n) is 8.11. The van der Waals surface area contributed by atoms with E-state index in [0.717, 1.165) is 17.1 Å². The fraction of sp³-hybridized carbons (Fsp3) is 0. The fourth-order valence-electron chi connectivity index (χ4n) is 1.22. The van der Waals surface area contributed by atoms with Gasteiger partial charge in [0.25, 0.3) is 0 Å². The van der Waals surface area contributed by atoms with Gasteiger partial charge in [0, 0.05) is 5.02 Å². The maximum atomic E-state index is 5.85. The van der Waals surface area contributed by atoms with E-state index >= 15 is 0 Å². The summed E-state index contributed by atoms with van der Waals surface area (Å²) in [6.07, 6.45) is 0. The van der Waals surface area contributed by atoms with Crippen LogP contribution in [0, 0.1) is 6.92 Å².